The van der Waals surface area contributed by atoms with Gasteiger partial charge in [0.15, 0.2) is 0 Å². The van der Waals surface area contributed by atoms with Crippen LogP contribution in [0.3, 0.4) is 0 Å². The molecule has 0 aliphatic carbocycles. The zero-order valence-electron chi connectivity index (χ0n) is 11.7. The van der Waals surface area contributed by atoms with E-state index in [1.54, 1.807) is 43.5 Å². The molecule has 0 aliphatic rings. The molecule has 7 heteroatoms. The highest BCUT2D eigenvalue weighted by atomic mass is 35.5. The Balaban J connectivity index is 2.13. The number of carboxylic acid groups (broad SMARTS) is 1. The number of carbonyl (C=O) groups is 1. The first-order chi connectivity index (χ1) is 10.5. The molecule has 0 amide bonds. The molecular formula is C15H14Cl2N2O3. The summed E-state index contributed by atoms with van der Waals surface area (Å²) in [6.07, 6.45) is 0. The number of nitrogens with one attached hydrogen (secondary N) is 1. The maximum atomic E-state index is 11.5. The number of rotatable bonds is 6. The third-order valence-electron chi connectivity index (χ3n) is 3.03. The molecule has 116 valence electrons. The summed E-state index contributed by atoms with van der Waals surface area (Å²) in [4.78, 5) is 15.3. The summed E-state index contributed by atoms with van der Waals surface area (Å²) in [5.74, 6) is -0.308. The van der Waals surface area contributed by atoms with Crippen molar-refractivity contribution in [3.8, 4) is 5.75 Å². The molecule has 1 aromatic heterocycles. The number of hydrogen-bond acceptors (Lipinski definition) is 4. The van der Waals surface area contributed by atoms with Crippen LogP contribution in [0, 0.1) is 0 Å². The number of carboxylic acids is 1. The molecule has 2 aromatic rings. The van der Waals surface area contributed by atoms with Gasteiger partial charge in [-0.05, 0) is 35.4 Å². The summed E-state index contributed by atoms with van der Waals surface area (Å²) in [5.41, 5.74) is 1.38. The molecule has 2 N–H and O–H groups in total. The molecule has 0 saturated carbocycles. The van der Waals surface area contributed by atoms with E-state index in [1.165, 1.54) is 0 Å². The normalized spacial score (nSPS) is 12.0. The van der Waals surface area contributed by atoms with E-state index < -0.39 is 12.0 Å². The van der Waals surface area contributed by atoms with Crippen LogP contribution in [0.5, 0.6) is 5.75 Å². The van der Waals surface area contributed by atoms with E-state index in [9.17, 15) is 9.90 Å². The zero-order valence-corrected chi connectivity index (χ0v) is 13.2. The molecular weight excluding hydrogens is 327 g/mol. The molecule has 0 bridgehead atoms. The maximum Gasteiger partial charge on any atom is 0.325 e. The minimum atomic E-state index is -0.976. The summed E-state index contributed by atoms with van der Waals surface area (Å²) in [7, 11) is 1.55. The van der Waals surface area contributed by atoms with Gasteiger partial charge in [-0.2, -0.15) is 0 Å². The summed E-state index contributed by atoms with van der Waals surface area (Å²) in [6, 6.07) is 9.26. The highest BCUT2D eigenvalue weighted by Crippen LogP contribution is 2.20. The van der Waals surface area contributed by atoms with Gasteiger partial charge in [0.05, 0.1) is 7.11 Å². The lowest BCUT2D eigenvalue weighted by atomic mass is 10.1. The number of halogens is 2. The van der Waals surface area contributed by atoms with E-state index >= 15 is 0 Å². The lowest BCUT2D eigenvalue weighted by Crippen LogP contribution is -2.28. The Hall–Kier alpha value is -1.82. The Morgan fingerprint density at radius 1 is 1.27 bits per heavy atom. The molecule has 0 radical (unpaired) electrons. The van der Waals surface area contributed by atoms with E-state index in [0.717, 1.165) is 5.56 Å². The van der Waals surface area contributed by atoms with Gasteiger partial charge < -0.3 is 9.84 Å². The molecule has 0 spiro atoms. The first kappa shape index (κ1) is 16.5. The van der Waals surface area contributed by atoms with Gasteiger partial charge in [-0.25, -0.2) is 4.98 Å². The van der Waals surface area contributed by atoms with Crippen LogP contribution in [0.2, 0.25) is 10.3 Å². The number of aliphatic carboxylic acids is 1. The molecule has 22 heavy (non-hydrogen) atoms. The van der Waals surface area contributed by atoms with Crippen molar-refractivity contribution in [3.63, 3.8) is 0 Å². The molecule has 1 aromatic carbocycles. The predicted octanol–water partition coefficient (Wildman–Crippen LogP) is 3.31. The summed E-state index contributed by atoms with van der Waals surface area (Å²) in [6.45, 7) is 0.297. The Morgan fingerprint density at radius 2 is 1.86 bits per heavy atom. The van der Waals surface area contributed by atoms with Gasteiger partial charge in [0.1, 0.15) is 22.1 Å². The topological polar surface area (TPSA) is 71.5 Å². The lowest BCUT2D eigenvalue weighted by molar-refractivity contribution is -0.139. The monoisotopic (exact) mass is 340 g/mol. The highest BCUT2D eigenvalue weighted by molar-refractivity contribution is 6.32. The van der Waals surface area contributed by atoms with E-state index in [1.807, 2.05) is 0 Å². The van der Waals surface area contributed by atoms with Gasteiger partial charge in [0, 0.05) is 6.54 Å². The van der Waals surface area contributed by atoms with Crippen LogP contribution >= 0.6 is 23.2 Å². The van der Waals surface area contributed by atoms with Gasteiger partial charge in [-0.15, -0.1) is 0 Å². The van der Waals surface area contributed by atoms with Crippen LogP contribution in [0.4, 0.5) is 0 Å². The van der Waals surface area contributed by atoms with Crippen LogP contribution in [0.15, 0.2) is 36.4 Å². The Morgan fingerprint density at radius 3 is 2.36 bits per heavy atom. The third-order valence-corrected chi connectivity index (χ3v) is 3.42. The largest absolute Gasteiger partial charge is 0.497 e. The number of aromatic nitrogens is 1. The van der Waals surface area contributed by atoms with Gasteiger partial charge in [-0.3, -0.25) is 10.1 Å². The number of methoxy groups -OCH3 is 1. The predicted molar refractivity (Wildman–Crippen MR) is 84.5 cm³/mol. The van der Waals surface area contributed by atoms with Gasteiger partial charge in [0.2, 0.25) is 0 Å². The van der Waals surface area contributed by atoms with Crippen LogP contribution in [-0.4, -0.2) is 23.2 Å². The average molecular weight is 341 g/mol. The second kappa shape index (κ2) is 7.45. The van der Waals surface area contributed by atoms with Crippen molar-refractivity contribution in [2.75, 3.05) is 7.11 Å². The SMILES string of the molecule is COc1ccc(C(NCc2cc(Cl)nc(Cl)c2)C(=O)O)cc1. The van der Waals surface area contributed by atoms with Crippen LogP contribution in [0.25, 0.3) is 0 Å². The van der Waals surface area contributed by atoms with Crippen molar-refractivity contribution in [2.24, 2.45) is 0 Å². The smallest absolute Gasteiger partial charge is 0.325 e. The Bertz CT molecular complexity index is 642. The fraction of sp³-hybridized carbons (Fsp3) is 0.200. The molecule has 2 rings (SSSR count). The molecule has 1 heterocycles. The third kappa shape index (κ3) is 4.34. The number of hydrogen-bond donors (Lipinski definition) is 2. The van der Waals surface area contributed by atoms with Crippen molar-refractivity contribution in [3.05, 3.63) is 57.8 Å². The van der Waals surface area contributed by atoms with E-state index in [0.29, 0.717) is 17.9 Å². The lowest BCUT2D eigenvalue weighted by Gasteiger charge is -2.15. The zero-order chi connectivity index (χ0) is 16.1. The number of ether oxygens (including phenoxy) is 1. The Labute approximate surface area is 137 Å². The number of benzene rings is 1. The molecule has 1 unspecified atom stereocenters. The van der Waals surface area contributed by atoms with Crippen molar-refractivity contribution in [2.45, 2.75) is 12.6 Å². The summed E-state index contributed by atoms with van der Waals surface area (Å²) in [5, 5.41) is 12.9. The second-order valence-electron chi connectivity index (χ2n) is 4.55. The summed E-state index contributed by atoms with van der Waals surface area (Å²) < 4.78 is 5.06. The highest BCUT2D eigenvalue weighted by Gasteiger charge is 2.19. The standard InChI is InChI=1S/C15H14Cl2N2O3/c1-22-11-4-2-10(3-5-11)14(15(20)21)18-8-9-6-12(16)19-13(17)7-9/h2-7,14,18H,8H2,1H3,(H,20,21). The van der Waals surface area contributed by atoms with Gasteiger partial charge in [-0.1, -0.05) is 35.3 Å². The van der Waals surface area contributed by atoms with E-state index in [-0.39, 0.29) is 10.3 Å². The van der Waals surface area contributed by atoms with Gasteiger partial charge >= 0.3 is 5.97 Å². The van der Waals surface area contributed by atoms with Crippen molar-refractivity contribution in [1.29, 1.82) is 0 Å². The minimum Gasteiger partial charge on any atom is -0.497 e. The van der Waals surface area contributed by atoms with Crippen LogP contribution in [-0.2, 0) is 11.3 Å². The van der Waals surface area contributed by atoms with Crippen molar-refractivity contribution >= 4 is 29.2 Å². The van der Waals surface area contributed by atoms with E-state index in [2.05, 4.69) is 10.3 Å². The number of pyridine rings is 1. The second-order valence-corrected chi connectivity index (χ2v) is 5.32. The van der Waals surface area contributed by atoms with Crippen molar-refractivity contribution in [1.82, 2.24) is 10.3 Å². The summed E-state index contributed by atoms with van der Waals surface area (Å²) >= 11 is 11.6. The van der Waals surface area contributed by atoms with Gasteiger partial charge in [0.25, 0.3) is 0 Å². The molecule has 0 aliphatic heterocycles. The Kier molecular flexibility index (Phi) is 5.60. The average Bonchev–Trinajstić information content (AvgIpc) is 2.47. The van der Waals surface area contributed by atoms with Crippen LogP contribution in [0.1, 0.15) is 17.2 Å². The first-order valence-electron chi connectivity index (χ1n) is 6.41. The fourth-order valence-corrected chi connectivity index (χ4v) is 2.49. The minimum absolute atomic E-state index is 0.264. The molecule has 1 atom stereocenters. The molecule has 0 fully saturated rings. The number of nitrogens with zero attached hydrogens (tertiary/aromatic N) is 1. The van der Waals surface area contributed by atoms with Crippen molar-refractivity contribution < 1.29 is 14.6 Å². The quantitative estimate of drug-likeness (QED) is 0.789. The maximum absolute atomic E-state index is 11.5. The molecule has 5 nitrogen and oxygen atoms in total. The fourth-order valence-electron chi connectivity index (χ4n) is 1.98. The van der Waals surface area contributed by atoms with Crippen LogP contribution < -0.4 is 10.1 Å². The van der Waals surface area contributed by atoms with E-state index in [4.69, 9.17) is 27.9 Å². The first-order valence-corrected chi connectivity index (χ1v) is 7.17. The molecule has 0 saturated heterocycles.